The molecule has 0 saturated carbocycles. The van der Waals surface area contributed by atoms with Crippen LogP contribution >= 0.6 is 0 Å². The maximum atomic E-state index is 2.49. The molecule has 6 aromatic rings. The molecule has 0 radical (unpaired) electrons. The number of nitrogens with zero attached hydrogens (tertiary/aromatic N) is 2. The van der Waals surface area contributed by atoms with Crippen LogP contribution in [0.5, 0.6) is 0 Å². The van der Waals surface area contributed by atoms with Gasteiger partial charge in [-0.15, -0.1) is 0 Å². The molecule has 2 heteroatoms. The summed E-state index contributed by atoms with van der Waals surface area (Å²) in [6, 6.07) is 29.1. The van der Waals surface area contributed by atoms with E-state index in [1.807, 2.05) is 0 Å². The van der Waals surface area contributed by atoms with Gasteiger partial charge < -0.3 is 4.57 Å². The van der Waals surface area contributed by atoms with Crippen molar-refractivity contribution in [3.8, 4) is 16.9 Å². The third kappa shape index (κ3) is 3.21. The number of aryl methyl sites for hydroxylation is 1. The Balaban J connectivity index is 1.54. The molecular weight excluding hydrogens is 448 g/mol. The normalized spacial score (nSPS) is 14.6. The lowest BCUT2D eigenvalue weighted by Gasteiger charge is -2.16. The van der Waals surface area contributed by atoms with Gasteiger partial charge in [0.05, 0.1) is 27.7 Å². The average molecular weight is 482 g/mol. The van der Waals surface area contributed by atoms with Gasteiger partial charge in [0.25, 0.3) is 0 Å². The summed E-state index contributed by atoms with van der Waals surface area (Å²) in [6.45, 7) is 9.44. The highest BCUT2D eigenvalue weighted by Crippen LogP contribution is 2.43. The van der Waals surface area contributed by atoms with Crippen molar-refractivity contribution in [2.75, 3.05) is 0 Å². The molecule has 182 valence electrons. The van der Waals surface area contributed by atoms with Crippen LogP contribution in [0.4, 0.5) is 0 Å². The number of rotatable bonds is 2. The predicted octanol–water partition coefficient (Wildman–Crippen LogP) is 8.17. The Morgan fingerprint density at radius 3 is 2.05 bits per heavy atom. The Labute approximate surface area is 218 Å². The molecule has 2 nitrogen and oxygen atoms in total. The second kappa shape index (κ2) is 7.79. The van der Waals surface area contributed by atoms with E-state index >= 15 is 0 Å². The largest absolute Gasteiger partial charge is 0.309 e. The van der Waals surface area contributed by atoms with Gasteiger partial charge in [0.1, 0.15) is 7.05 Å². The summed E-state index contributed by atoms with van der Waals surface area (Å²) in [4.78, 5) is 0. The van der Waals surface area contributed by atoms with Crippen LogP contribution in [0.3, 0.4) is 0 Å². The molecule has 2 heterocycles. The Hall–Kier alpha value is -3.91. The van der Waals surface area contributed by atoms with Gasteiger partial charge in [-0.05, 0) is 84.7 Å². The van der Waals surface area contributed by atoms with Crippen molar-refractivity contribution in [1.82, 2.24) is 4.57 Å². The van der Waals surface area contributed by atoms with Crippen molar-refractivity contribution in [2.45, 2.75) is 40.5 Å². The van der Waals surface area contributed by atoms with Gasteiger partial charge in [0.2, 0.25) is 5.69 Å². The number of hydrogen-bond acceptors (Lipinski definition) is 0. The maximum Gasteiger partial charge on any atom is 0.220 e. The highest BCUT2D eigenvalue weighted by molar-refractivity contribution is 6.11. The first-order chi connectivity index (χ1) is 17.8. The number of pyridine rings is 1. The van der Waals surface area contributed by atoms with E-state index in [0.717, 1.165) is 6.42 Å². The first kappa shape index (κ1) is 22.3. The Bertz CT molecular complexity index is 1830. The smallest absolute Gasteiger partial charge is 0.220 e. The minimum atomic E-state index is 0.336. The topological polar surface area (TPSA) is 8.81 Å². The molecule has 1 aliphatic carbocycles. The Morgan fingerprint density at radius 1 is 0.703 bits per heavy atom. The second-order valence-corrected chi connectivity index (χ2v) is 11.7. The van der Waals surface area contributed by atoms with Crippen molar-refractivity contribution < 1.29 is 4.57 Å². The number of hydrogen-bond donors (Lipinski definition) is 0. The van der Waals surface area contributed by atoms with E-state index in [9.17, 15) is 0 Å². The van der Waals surface area contributed by atoms with Crippen LogP contribution in [0, 0.1) is 19.3 Å². The van der Waals surface area contributed by atoms with Crippen molar-refractivity contribution >= 4 is 32.6 Å². The summed E-state index contributed by atoms with van der Waals surface area (Å²) in [7, 11) is 2.19. The Kier molecular flexibility index (Phi) is 4.70. The molecule has 0 aliphatic heterocycles. The van der Waals surface area contributed by atoms with Crippen LogP contribution in [0.15, 0.2) is 85.1 Å². The van der Waals surface area contributed by atoms with Crippen molar-refractivity contribution in [1.29, 1.82) is 0 Å². The molecule has 0 unspecified atom stereocenters. The predicted molar refractivity (Wildman–Crippen MR) is 156 cm³/mol. The van der Waals surface area contributed by atoms with Gasteiger partial charge in [-0.3, -0.25) is 0 Å². The third-order valence-corrected chi connectivity index (χ3v) is 8.68. The van der Waals surface area contributed by atoms with Crippen LogP contribution in [0.25, 0.3) is 49.5 Å². The molecule has 2 aromatic heterocycles. The van der Waals surface area contributed by atoms with E-state index in [-0.39, 0.29) is 0 Å². The second-order valence-electron chi connectivity index (χ2n) is 11.7. The number of para-hydroxylation sites is 2. The summed E-state index contributed by atoms with van der Waals surface area (Å²) < 4.78 is 4.76. The molecule has 0 atom stereocenters. The van der Waals surface area contributed by atoms with Crippen LogP contribution in [-0.2, 0) is 19.9 Å². The van der Waals surface area contributed by atoms with Crippen molar-refractivity contribution in [3.05, 3.63) is 107 Å². The van der Waals surface area contributed by atoms with E-state index < -0.39 is 0 Å². The maximum absolute atomic E-state index is 2.49. The minimum Gasteiger partial charge on any atom is -0.309 e. The zero-order valence-electron chi connectivity index (χ0n) is 22.4. The highest BCUT2D eigenvalue weighted by atomic mass is 15.0. The fourth-order valence-corrected chi connectivity index (χ4v) is 6.84. The van der Waals surface area contributed by atoms with Gasteiger partial charge in [0.15, 0.2) is 6.20 Å². The average Bonchev–Trinajstić information content (AvgIpc) is 3.39. The fourth-order valence-electron chi connectivity index (χ4n) is 6.84. The Morgan fingerprint density at radius 2 is 1.35 bits per heavy atom. The van der Waals surface area contributed by atoms with Gasteiger partial charge in [-0.2, -0.15) is 0 Å². The molecule has 7 rings (SSSR count). The molecule has 0 spiro atoms. The van der Waals surface area contributed by atoms with Gasteiger partial charge in [-0.1, -0.05) is 56.3 Å². The lowest BCUT2D eigenvalue weighted by molar-refractivity contribution is -0.659. The highest BCUT2D eigenvalue weighted by Gasteiger charge is 2.32. The molecule has 1 aliphatic rings. The first-order valence-electron chi connectivity index (χ1n) is 13.4. The van der Waals surface area contributed by atoms with Gasteiger partial charge in [0, 0.05) is 22.2 Å². The minimum absolute atomic E-state index is 0.336. The number of benzene rings is 4. The lowest BCUT2D eigenvalue weighted by atomic mass is 9.89. The standard InChI is InChI=1S/C35H33N2/c1-22-23(2)30-21-35(3,4)20-24(30)19-29(22)34-28-13-10-16-33(27(28)17-18-36(34)5)37-31-14-8-6-11-25(31)26-12-7-9-15-32(26)37/h6-19H,20-21H2,1-5H3/q+1. The molecule has 0 amide bonds. The van der Waals surface area contributed by atoms with E-state index in [1.165, 1.54) is 72.6 Å². The first-order valence-corrected chi connectivity index (χ1v) is 13.4. The van der Waals surface area contributed by atoms with E-state index in [2.05, 4.69) is 129 Å². The molecule has 0 saturated heterocycles. The molecule has 0 bridgehead atoms. The summed E-state index contributed by atoms with van der Waals surface area (Å²) in [5, 5.41) is 5.16. The van der Waals surface area contributed by atoms with Crippen LogP contribution < -0.4 is 4.57 Å². The molecule has 37 heavy (non-hydrogen) atoms. The van der Waals surface area contributed by atoms with Crippen LogP contribution in [-0.4, -0.2) is 4.57 Å². The zero-order chi connectivity index (χ0) is 25.5. The van der Waals surface area contributed by atoms with Crippen LogP contribution in [0.2, 0.25) is 0 Å². The van der Waals surface area contributed by atoms with Crippen molar-refractivity contribution in [3.63, 3.8) is 0 Å². The molecular formula is C35H33N2+. The summed E-state index contributed by atoms with van der Waals surface area (Å²) >= 11 is 0. The number of aromatic nitrogens is 2. The summed E-state index contributed by atoms with van der Waals surface area (Å²) in [5.41, 5.74) is 12.7. The SMILES string of the molecule is Cc1c(-c2c3cccc(-n4c5ccccc5c5ccccc54)c3cc[n+]2C)cc2c(c1C)CC(C)(C)C2. The van der Waals surface area contributed by atoms with Gasteiger partial charge >= 0.3 is 0 Å². The lowest BCUT2D eigenvalue weighted by Crippen LogP contribution is -2.31. The molecule has 0 N–H and O–H groups in total. The number of fused-ring (bicyclic) bond motifs is 5. The zero-order valence-corrected chi connectivity index (χ0v) is 22.4. The van der Waals surface area contributed by atoms with Crippen molar-refractivity contribution in [2.24, 2.45) is 12.5 Å². The fraction of sp³-hybridized carbons (Fsp3) is 0.229. The quantitative estimate of drug-likeness (QED) is 0.221. The van der Waals surface area contributed by atoms with E-state index in [4.69, 9.17) is 0 Å². The van der Waals surface area contributed by atoms with Gasteiger partial charge in [-0.25, -0.2) is 4.57 Å². The van der Waals surface area contributed by atoms with E-state index in [0.29, 0.717) is 5.41 Å². The summed E-state index contributed by atoms with van der Waals surface area (Å²) in [5.74, 6) is 0. The third-order valence-electron chi connectivity index (χ3n) is 8.68. The van der Waals surface area contributed by atoms with E-state index in [1.54, 1.807) is 5.56 Å². The molecule has 4 aromatic carbocycles. The monoisotopic (exact) mass is 481 g/mol. The van der Waals surface area contributed by atoms with Crippen LogP contribution in [0.1, 0.15) is 36.1 Å². The summed E-state index contributed by atoms with van der Waals surface area (Å²) in [6.07, 6.45) is 4.56. The molecule has 0 fully saturated rings.